The molecule has 0 saturated carbocycles. The molecule has 0 aromatic carbocycles. The number of nitrogens with one attached hydrogen (secondary N) is 1. The Balaban J connectivity index is 1.77. The lowest BCUT2D eigenvalue weighted by Crippen LogP contribution is -2.49. The maximum absolute atomic E-state index is 5.19. The zero-order chi connectivity index (χ0) is 7.03. The minimum atomic E-state index is 0.534. The third-order valence-corrected chi connectivity index (χ3v) is 2.55. The van der Waals surface area contributed by atoms with E-state index in [1.165, 1.54) is 19.5 Å². The Bertz CT molecular complexity index is 127. The average molecular weight is 141 g/mol. The Hall–Kier alpha value is -0.0800. The van der Waals surface area contributed by atoms with Gasteiger partial charge in [-0.2, -0.15) is 0 Å². The predicted octanol–water partition coefficient (Wildman–Crippen LogP) is 0.632. The molecule has 2 saturated heterocycles. The van der Waals surface area contributed by atoms with Gasteiger partial charge in [-0.15, -0.1) is 0 Å². The van der Waals surface area contributed by atoms with Gasteiger partial charge in [-0.1, -0.05) is 6.92 Å². The van der Waals surface area contributed by atoms with Gasteiger partial charge in [-0.25, -0.2) is 0 Å². The number of rotatable bonds is 2. The fourth-order valence-corrected chi connectivity index (χ4v) is 1.76. The molecule has 0 radical (unpaired) electrons. The molecule has 0 aliphatic carbocycles. The highest BCUT2D eigenvalue weighted by Crippen LogP contribution is 2.34. The molecule has 2 fully saturated rings. The van der Waals surface area contributed by atoms with E-state index in [1.807, 2.05) is 0 Å². The van der Waals surface area contributed by atoms with Crippen molar-refractivity contribution in [2.24, 2.45) is 11.3 Å². The van der Waals surface area contributed by atoms with Crippen LogP contribution in [0.25, 0.3) is 0 Å². The molecule has 10 heavy (non-hydrogen) atoms. The smallest absolute Gasteiger partial charge is 0.0542 e. The third kappa shape index (κ3) is 1.06. The molecule has 0 atom stereocenters. The lowest BCUT2D eigenvalue weighted by molar-refractivity contribution is -0.115. The van der Waals surface area contributed by atoms with Crippen LogP contribution in [0, 0.1) is 11.3 Å². The lowest BCUT2D eigenvalue weighted by atomic mass is 9.77. The molecule has 0 bridgehead atoms. The molecule has 2 aliphatic rings. The van der Waals surface area contributed by atoms with Crippen LogP contribution in [0.2, 0.25) is 0 Å². The van der Waals surface area contributed by atoms with Crippen LogP contribution in [0.3, 0.4) is 0 Å². The SMILES string of the molecule is CC1(CC2CNC2)COC1. The largest absolute Gasteiger partial charge is 0.380 e. The predicted molar refractivity (Wildman–Crippen MR) is 39.9 cm³/mol. The summed E-state index contributed by atoms with van der Waals surface area (Å²) in [6, 6.07) is 0. The zero-order valence-corrected chi connectivity index (χ0v) is 6.52. The summed E-state index contributed by atoms with van der Waals surface area (Å²) < 4.78 is 5.19. The highest BCUT2D eigenvalue weighted by atomic mass is 16.5. The van der Waals surface area contributed by atoms with Crippen LogP contribution in [-0.2, 0) is 4.74 Å². The molecule has 1 N–H and O–H groups in total. The molecule has 2 heteroatoms. The van der Waals surface area contributed by atoms with Gasteiger partial charge in [0.1, 0.15) is 0 Å². The Morgan fingerprint density at radius 1 is 1.50 bits per heavy atom. The second-order valence-electron chi connectivity index (χ2n) is 4.03. The minimum Gasteiger partial charge on any atom is -0.380 e. The van der Waals surface area contributed by atoms with E-state index in [1.54, 1.807) is 0 Å². The molecule has 2 aliphatic heterocycles. The zero-order valence-electron chi connectivity index (χ0n) is 6.52. The lowest BCUT2D eigenvalue weighted by Gasteiger charge is -2.43. The van der Waals surface area contributed by atoms with Gasteiger partial charge in [-0.05, 0) is 25.4 Å². The van der Waals surface area contributed by atoms with E-state index in [0.717, 1.165) is 19.1 Å². The van der Waals surface area contributed by atoms with E-state index >= 15 is 0 Å². The highest BCUT2D eigenvalue weighted by molar-refractivity contribution is 4.87. The van der Waals surface area contributed by atoms with Gasteiger partial charge < -0.3 is 10.1 Å². The monoisotopic (exact) mass is 141 g/mol. The van der Waals surface area contributed by atoms with Crippen LogP contribution in [0.5, 0.6) is 0 Å². The van der Waals surface area contributed by atoms with Gasteiger partial charge in [0.15, 0.2) is 0 Å². The van der Waals surface area contributed by atoms with Gasteiger partial charge in [0.25, 0.3) is 0 Å². The molecule has 2 nitrogen and oxygen atoms in total. The first-order valence-corrected chi connectivity index (χ1v) is 4.07. The van der Waals surface area contributed by atoms with Crippen molar-refractivity contribution in [1.29, 1.82) is 0 Å². The van der Waals surface area contributed by atoms with Gasteiger partial charge >= 0.3 is 0 Å². The molecule has 2 rings (SSSR count). The van der Waals surface area contributed by atoms with Gasteiger partial charge in [0.05, 0.1) is 13.2 Å². The highest BCUT2D eigenvalue weighted by Gasteiger charge is 2.36. The van der Waals surface area contributed by atoms with Crippen molar-refractivity contribution < 1.29 is 4.74 Å². The molecule has 0 aromatic heterocycles. The van der Waals surface area contributed by atoms with Crippen LogP contribution in [-0.4, -0.2) is 26.3 Å². The number of ether oxygens (including phenoxy) is 1. The molecule has 58 valence electrons. The summed E-state index contributed by atoms with van der Waals surface area (Å²) in [5.74, 6) is 0.939. The van der Waals surface area contributed by atoms with Crippen LogP contribution in [0.15, 0.2) is 0 Å². The Labute approximate surface area is 61.9 Å². The number of hydrogen-bond acceptors (Lipinski definition) is 2. The third-order valence-electron chi connectivity index (χ3n) is 2.55. The van der Waals surface area contributed by atoms with Gasteiger partial charge in [-0.3, -0.25) is 0 Å². The van der Waals surface area contributed by atoms with Crippen LogP contribution in [0.4, 0.5) is 0 Å². The molecule has 0 unspecified atom stereocenters. The van der Waals surface area contributed by atoms with E-state index in [4.69, 9.17) is 4.74 Å². The fraction of sp³-hybridized carbons (Fsp3) is 1.00. The Kier molecular flexibility index (Phi) is 1.46. The molecule has 0 aromatic rings. The van der Waals surface area contributed by atoms with Crippen molar-refractivity contribution in [1.82, 2.24) is 5.32 Å². The van der Waals surface area contributed by atoms with Gasteiger partial charge in [0, 0.05) is 5.41 Å². The van der Waals surface area contributed by atoms with Gasteiger partial charge in [0.2, 0.25) is 0 Å². The first-order valence-electron chi connectivity index (χ1n) is 4.07. The maximum atomic E-state index is 5.19. The molecule has 0 spiro atoms. The summed E-state index contributed by atoms with van der Waals surface area (Å²) in [6.45, 7) is 6.77. The summed E-state index contributed by atoms with van der Waals surface area (Å²) >= 11 is 0. The van der Waals surface area contributed by atoms with Crippen molar-refractivity contribution in [3.05, 3.63) is 0 Å². The average Bonchev–Trinajstić information content (AvgIpc) is 1.74. The fourth-order valence-electron chi connectivity index (χ4n) is 1.76. The normalized spacial score (nSPS) is 30.9. The van der Waals surface area contributed by atoms with Crippen LogP contribution in [0.1, 0.15) is 13.3 Å². The van der Waals surface area contributed by atoms with Crippen molar-refractivity contribution in [2.45, 2.75) is 13.3 Å². The van der Waals surface area contributed by atoms with E-state index in [2.05, 4.69) is 12.2 Å². The summed E-state index contributed by atoms with van der Waals surface area (Å²) in [5.41, 5.74) is 0.534. The minimum absolute atomic E-state index is 0.534. The molecule has 0 amide bonds. The second kappa shape index (κ2) is 2.21. The summed E-state index contributed by atoms with van der Waals surface area (Å²) in [5, 5.41) is 3.29. The van der Waals surface area contributed by atoms with Crippen LogP contribution >= 0.6 is 0 Å². The van der Waals surface area contributed by atoms with Crippen molar-refractivity contribution in [2.75, 3.05) is 26.3 Å². The first-order chi connectivity index (χ1) is 4.79. The van der Waals surface area contributed by atoms with Crippen LogP contribution < -0.4 is 5.32 Å². The van der Waals surface area contributed by atoms with E-state index in [0.29, 0.717) is 5.41 Å². The van der Waals surface area contributed by atoms with Crippen molar-refractivity contribution in [3.8, 4) is 0 Å². The molecular formula is C8H15NO. The molecular weight excluding hydrogens is 126 g/mol. The van der Waals surface area contributed by atoms with E-state index in [-0.39, 0.29) is 0 Å². The first kappa shape index (κ1) is 6.62. The topological polar surface area (TPSA) is 21.3 Å². The van der Waals surface area contributed by atoms with E-state index < -0.39 is 0 Å². The van der Waals surface area contributed by atoms with Crippen molar-refractivity contribution in [3.63, 3.8) is 0 Å². The number of hydrogen-bond donors (Lipinski definition) is 1. The standard InChI is InChI=1S/C8H15NO/c1-8(5-10-6-8)2-7-3-9-4-7/h7,9H,2-6H2,1H3. The maximum Gasteiger partial charge on any atom is 0.0542 e. The summed E-state index contributed by atoms with van der Waals surface area (Å²) in [7, 11) is 0. The quantitative estimate of drug-likeness (QED) is 0.609. The second-order valence-corrected chi connectivity index (χ2v) is 4.03. The Morgan fingerprint density at radius 3 is 2.50 bits per heavy atom. The van der Waals surface area contributed by atoms with Crippen molar-refractivity contribution >= 4 is 0 Å². The van der Waals surface area contributed by atoms with E-state index in [9.17, 15) is 0 Å². The molecule has 2 heterocycles. The summed E-state index contributed by atoms with van der Waals surface area (Å²) in [6.07, 6.45) is 1.36. The summed E-state index contributed by atoms with van der Waals surface area (Å²) in [4.78, 5) is 0. The Morgan fingerprint density at radius 2 is 2.20 bits per heavy atom.